The third-order valence-corrected chi connectivity index (χ3v) is 1.53. The van der Waals surface area contributed by atoms with Gasteiger partial charge in [-0.05, 0) is 18.2 Å². The molecule has 19 heavy (non-hydrogen) atoms. The smallest absolute Gasteiger partial charge is 0.307 e. The second-order valence-corrected chi connectivity index (χ2v) is 2.64. The predicted molar refractivity (Wildman–Crippen MR) is 75.0 cm³/mol. The van der Waals surface area contributed by atoms with Crippen LogP contribution in [-0.2, 0) is 6.18 Å². The van der Waals surface area contributed by atoms with Gasteiger partial charge < -0.3 is 5.41 Å². The van der Waals surface area contributed by atoms with Crippen molar-refractivity contribution in [3.8, 4) is 0 Å². The number of hydrazone groups is 1. The van der Waals surface area contributed by atoms with Crippen LogP contribution >= 0.6 is 0 Å². The molecule has 0 saturated heterocycles. The van der Waals surface area contributed by atoms with Crippen molar-refractivity contribution >= 4 is 18.1 Å². The molecule has 0 aromatic heterocycles. The van der Waals surface area contributed by atoms with Gasteiger partial charge in [-0.2, -0.15) is 18.3 Å². The van der Waals surface area contributed by atoms with Gasteiger partial charge in [0.05, 0.1) is 17.5 Å². The summed E-state index contributed by atoms with van der Waals surface area (Å²) < 4.78 is 36.8. The fourth-order valence-corrected chi connectivity index (χ4v) is 0.914. The van der Waals surface area contributed by atoms with E-state index in [9.17, 15) is 13.2 Å². The van der Waals surface area contributed by atoms with E-state index in [0.29, 0.717) is 0 Å². The monoisotopic (exact) mass is 275 g/mol. The number of nitrogens with one attached hydrogen (secondary N) is 2. The van der Waals surface area contributed by atoms with Crippen molar-refractivity contribution in [1.29, 1.82) is 5.41 Å². The van der Waals surface area contributed by atoms with E-state index in [1.54, 1.807) is 0 Å². The molecule has 0 bridgehead atoms. The molecule has 0 atom stereocenters. The van der Waals surface area contributed by atoms with E-state index in [0.717, 1.165) is 24.6 Å². The van der Waals surface area contributed by atoms with Gasteiger partial charge in [-0.15, -0.1) is 0 Å². The van der Waals surface area contributed by atoms with E-state index in [1.165, 1.54) is 12.1 Å². The van der Waals surface area contributed by atoms with Crippen LogP contribution in [0, 0.1) is 5.41 Å². The van der Waals surface area contributed by atoms with Gasteiger partial charge in [0, 0.05) is 6.21 Å². The Morgan fingerprint density at radius 2 is 1.74 bits per heavy atom. The lowest BCUT2D eigenvalue weighted by atomic mass is 10.2. The number of benzene rings is 1. The van der Waals surface area contributed by atoms with Crippen molar-refractivity contribution in [1.82, 2.24) is 0 Å². The molecule has 0 radical (unpaired) electrons. The summed E-state index contributed by atoms with van der Waals surface area (Å²) >= 11 is 0. The third kappa shape index (κ3) is 8.82. The first-order valence-electron chi connectivity index (χ1n) is 5.99. The number of alkyl halides is 3. The number of hydrogen-bond donors (Lipinski definition) is 2. The van der Waals surface area contributed by atoms with Crippen molar-refractivity contribution in [3.63, 3.8) is 0 Å². The Morgan fingerprint density at radius 1 is 1.16 bits per heavy atom. The molecule has 0 aliphatic carbocycles. The standard InChI is InChI=1S/C9H8F3N3.2C2H6/c10-9(11,12)7-2-1-3-8(6-7)15-14-5-4-13;2*1-2/h1-6,13,15H;2*1-2H3/b13-4?,14-5-;;. The average Bonchev–Trinajstić information content (AvgIpc) is 2.43. The SMILES string of the molecule is CC.CC.N=C/C=N\Nc1cccc(C(F)(F)F)c1. The van der Waals surface area contributed by atoms with Crippen molar-refractivity contribution in [3.05, 3.63) is 29.8 Å². The van der Waals surface area contributed by atoms with E-state index < -0.39 is 11.7 Å². The van der Waals surface area contributed by atoms with Gasteiger partial charge >= 0.3 is 6.18 Å². The van der Waals surface area contributed by atoms with Gasteiger partial charge in [-0.25, -0.2) is 0 Å². The number of nitrogens with zero attached hydrogens (tertiary/aromatic N) is 1. The molecule has 0 aliphatic rings. The normalized spacial score (nSPS) is 9.84. The van der Waals surface area contributed by atoms with Crippen molar-refractivity contribution in [2.45, 2.75) is 33.9 Å². The Bertz CT molecular complexity index is 374. The lowest BCUT2D eigenvalue weighted by Crippen LogP contribution is -2.05. The Kier molecular flexibility index (Phi) is 11.5. The first-order chi connectivity index (χ1) is 9.04. The zero-order valence-corrected chi connectivity index (χ0v) is 11.5. The van der Waals surface area contributed by atoms with E-state index in [4.69, 9.17) is 5.41 Å². The molecule has 0 amide bonds. The summed E-state index contributed by atoms with van der Waals surface area (Å²) in [6.45, 7) is 8.00. The number of rotatable bonds is 3. The summed E-state index contributed by atoms with van der Waals surface area (Å²) in [4.78, 5) is 0. The van der Waals surface area contributed by atoms with Crippen LogP contribution in [0.25, 0.3) is 0 Å². The first-order valence-corrected chi connectivity index (χ1v) is 5.99. The highest BCUT2D eigenvalue weighted by atomic mass is 19.4. The molecule has 0 saturated carbocycles. The van der Waals surface area contributed by atoms with E-state index in [-0.39, 0.29) is 5.69 Å². The maximum absolute atomic E-state index is 12.3. The summed E-state index contributed by atoms with van der Waals surface area (Å²) in [5.41, 5.74) is 1.86. The molecule has 3 nitrogen and oxygen atoms in total. The van der Waals surface area contributed by atoms with Crippen LogP contribution in [0.3, 0.4) is 0 Å². The minimum Gasteiger partial charge on any atom is -0.307 e. The molecular formula is C13H20F3N3. The number of halogens is 3. The Hall–Kier alpha value is -1.85. The molecule has 0 heterocycles. The molecule has 1 aromatic rings. The third-order valence-electron chi connectivity index (χ3n) is 1.53. The summed E-state index contributed by atoms with van der Waals surface area (Å²) in [6, 6.07) is 4.66. The van der Waals surface area contributed by atoms with E-state index in [2.05, 4.69) is 10.5 Å². The van der Waals surface area contributed by atoms with Gasteiger partial charge in [0.25, 0.3) is 0 Å². The second kappa shape index (κ2) is 11.3. The number of hydrogen-bond acceptors (Lipinski definition) is 3. The largest absolute Gasteiger partial charge is 0.416 e. The summed E-state index contributed by atoms with van der Waals surface area (Å²) in [7, 11) is 0. The molecule has 0 spiro atoms. The fourth-order valence-electron chi connectivity index (χ4n) is 0.914. The minimum atomic E-state index is -4.36. The maximum Gasteiger partial charge on any atom is 0.416 e. The number of anilines is 1. The lowest BCUT2D eigenvalue weighted by molar-refractivity contribution is -0.137. The topological polar surface area (TPSA) is 48.2 Å². The molecule has 0 aliphatic heterocycles. The lowest BCUT2D eigenvalue weighted by Gasteiger charge is -2.07. The van der Waals surface area contributed by atoms with Gasteiger partial charge in [0.2, 0.25) is 0 Å². The van der Waals surface area contributed by atoms with Crippen molar-refractivity contribution < 1.29 is 13.2 Å². The highest BCUT2D eigenvalue weighted by Crippen LogP contribution is 2.30. The second-order valence-electron chi connectivity index (χ2n) is 2.64. The molecule has 0 unspecified atom stereocenters. The zero-order valence-electron chi connectivity index (χ0n) is 11.5. The highest BCUT2D eigenvalue weighted by molar-refractivity contribution is 6.14. The van der Waals surface area contributed by atoms with Crippen LogP contribution in [0.2, 0.25) is 0 Å². The summed E-state index contributed by atoms with van der Waals surface area (Å²) in [5, 5.41) is 10.1. The van der Waals surface area contributed by atoms with Crippen LogP contribution in [0.5, 0.6) is 0 Å². The molecule has 6 heteroatoms. The summed E-state index contributed by atoms with van der Waals surface area (Å²) in [6.07, 6.45) is -2.32. The first kappa shape index (κ1) is 19.5. The molecule has 0 fully saturated rings. The summed E-state index contributed by atoms with van der Waals surface area (Å²) in [5.74, 6) is 0. The van der Waals surface area contributed by atoms with Gasteiger partial charge in [-0.1, -0.05) is 33.8 Å². The molecular weight excluding hydrogens is 255 g/mol. The zero-order chi connectivity index (χ0) is 15.3. The minimum absolute atomic E-state index is 0.225. The molecule has 1 aromatic carbocycles. The van der Waals surface area contributed by atoms with Gasteiger partial charge in [0.15, 0.2) is 0 Å². The maximum atomic E-state index is 12.3. The van der Waals surface area contributed by atoms with E-state index in [1.807, 2.05) is 27.7 Å². The van der Waals surface area contributed by atoms with Crippen LogP contribution in [0.1, 0.15) is 33.3 Å². The van der Waals surface area contributed by atoms with Crippen LogP contribution in [0.4, 0.5) is 18.9 Å². The van der Waals surface area contributed by atoms with Crippen LogP contribution in [0.15, 0.2) is 29.4 Å². The van der Waals surface area contributed by atoms with Gasteiger partial charge in [-0.3, -0.25) is 5.43 Å². The molecule has 2 N–H and O–H groups in total. The average molecular weight is 275 g/mol. The quantitative estimate of drug-likeness (QED) is 0.604. The molecule has 1 rings (SSSR count). The molecule has 108 valence electrons. The Balaban J connectivity index is 0. The Labute approximate surface area is 112 Å². The van der Waals surface area contributed by atoms with Crippen LogP contribution in [-0.4, -0.2) is 12.4 Å². The predicted octanol–water partition coefficient (Wildman–Crippen LogP) is 4.81. The fraction of sp³-hybridized carbons (Fsp3) is 0.385. The van der Waals surface area contributed by atoms with Crippen molar-refractivity contribution in [2.24, 2.45) is 5.10 Å². The highest BCUT2D eigenvalue weighted by Gasteiger charge is 2.30. The van der Waals surface area contributed by atoms with E-state index >= 15 is 0 Å². The van der Waals surface area contributed by atoms with Gasteiger partial charge in [0.1, 0.15) is 0 Å². The van der Waals surface area contributed by atoms with Crippen LogP contribution < -0.4 is 5.43 Å². The Morgan fingerprint density at radius 3 is 2.21 bits per heavy atom. The van der Waals surface area contributed by atoms with Crippen molar-refractivity contribution in [2.75, 3.05) is 5.43 Å².